The van der Waals surface area contributed by atoms with Crippen molar-refractivity contribution in [2.75, 3.05) is 5.32 Å². The first-order chi connectivity index (χ1) is 9.55. The summed E-state index contributed by atoms with van der Waals surface area (Å²) < 4.78 is 22.2. The Kier molecular flexibility index (Phi) is 3.54. The minimum absolute atomic E-state index is 0.0596. The number of carboxylic acid groups (broad SMARTS) is 1. The highest BCUT2D eigenvalue weighted by Crippen LogP contribution is 2.58. The van der Waals surface area contributed by atoms with Crippen molar-refractivity contribution >= 4 is 27.6 Å². The quantitative estimate of drug-likeness (QED) is 0.751. The molecular weight excluding hydrogens is 296 g/mol. The van der Waals surface area contributed by atoms with Crippen LogP contribution in [0.5, 0.6) is 0 Å². The van der Waals surface area contributed by atoms with E-state index in [4.69, 9.17) is 10.2 Å². The van der Waals surface area contributed by atoms with Crippen LogP contribution in [0.25, 0.3) is 0 Å². The molecule has 1 fully saturated rings. The van der Waals surface area contributed by atoms with Crippen LogP contribution in [0.1, 0.15) is 13.8 Å². The van der Waals surface area contributed by atoms with Gasteiger partial charge in [-0.1, -0.05) is 13.8 Å². The minimum atomic E-state index is -3.78. The zero-order valence-electron chi connectivity index (χ0n) is 11.5. The topological polar surface area (TPSA) is 127 Å². The van der Waals surface area contributed by atoms with Crippen molar-refractivity contribution in [1.82, 2.24) is 0 Å². The van der Waals surface area contributed by atoms with Crippen molar-refractivity contribution < 1.29 is 23.1 Å². The lowest BCUT2D eigenvalue weighted by molar-refractivity contribution is -0.140. The average Bonchev–Trinajstić information content (AvgIpc) is 2.92. The van der Waals surface area contributed by atoms with Crippen molar-refractivity contribution in [1.29, 1.82) is 0 Å². The zero-order chi connectivity index (χ0) is 16.0. The van der Waals surface area contributed by atoms with E-state index in [-0.39, 0.29) is 4.90 Å². The molecule has 1 aromatic carbocycles. The van der Waals surface area contributed by atoms with Gasteiger partial charge in [0.25, 0.3) is 0 Å². The van der Waals surface area contributed by atoms with Gasteiger partial charge in [-0.25, -0.2) is 13.6 Å². The maximum absolute atomic E-state index is 12.1. The largest absolute Gasteiger partial charge is 0.481 e. The standard InChI is InChI=1S/C13H16N2O5S/c1-13(2)9(10(13)12(17)18)11(16)15-7-3-5-8(6-4-7)21(14,19)20/h3-6,9-10H,1-2H3,(H,15,16)(H,17,18)(H2,14,19,20)/t9-,10-/m0/s1. The molecule has 8 heteroatoms. The van der Waals surface area contributed by atoms with Crippen LogP contribution in [-0.4, -0.2) is 25.4 Å². The Morgan fingerprint density at radius 2 is 1.71 bits per heavy atom. The lowest BCUT2D eigenvalue weighted by Gasteiger charge is -2.06. The summed E-state index contributed by atoms with van der Waals surface area (Å²) in [6.45, 7) is 3.44. The van der Waals surface area contributed by atoms with Crippen LogP contribution in [0.4, 0.5) is 5.69 Å². The minimum Gasteiger partial charge on any atom is -0.481 e. The molecule has 114 valence electrons. The van der Waals surface area contributed by atoms with Gasteiger partial charge < -0.3 is 10.4 Å². The first-order valence-electron chi connectivity index (χ1n) is 6.21. The smallest absolute Gasteiger partial charge is 0.307 e. The molecule has 1 aliphatic rings. The van der Waals surface area contributed by atoms with Crippen LogP contribution in [0.2, 0.25) is 0 Å². The molecule has 0 radical (unpaired) electrons. The van der Waals surface area contributed by atoms with E-state index in [2.05, 4.69) is 5.32 Å². The number of hydrogen-bond acceptors (Lipinski definition) is 4. The van der Waals surface area contributed by atoms with E-state index in [1.807, 2.05) is 0 Å². The van der Waals surface area contributed by atoms with Gasteiger partial charge in [-0.05, 0) is 29.7 Å². The zero-order valence-corrected chi connectivity index (χ0v) is 12.3. The SMILES string of the molecule is CC1(C)[C@H](C(=O)O)[C@H]1C(=O)Nc1ccc(S(N)(=O)=O)cc1. The highest BCUT2D eigenvalue weighted by molar-refractivity contribution is 7.89. The first kappa shape index (κ1) is 15.5. The highest BCUT2D eigenvalue weighted by atomic mass is 32.2. The fourth-order valence-electron chi connectivity index (χ4n) is 2.54. The Labute approximate surface area is 122 Å². The van der Waals surface area contributed by atoms with Gasteiger partial charge in [-0.2, -0.15) is 0 Å². The number of sulfonamides is 1. The number of nitrogens with one attached hydrogen (secondary N) is 1. The number of benzene rings is 1. The molecule has 2 rings (SSSR count). The Hall–Kier alpha value is -1.93. The molecule has 1 aliphatic carbocycles. The summed E-state index contributed by atoms with van der Waals surface area (Å²) >= 11 is 0. The number of rotatable bonds is 4. The van der Waals surface area contributed by atoms with Crippen molar-refractivity contribution in [3.63, 3.8) is 0 Å². The normalized spacial score (nSPS) is 23.4. The molecule has 0 heterocycles. The van der Waals surface area contributed by atoms with E-state index >= 15 is 0 Å². The number of carbonyl (C=O) groups excluding carboxylic acids is 1. The number of nitrogens with two attached hydrogens (primary N) is 1. The summed E-state index contributed by atoms with van der Waals surface area (Å²) in [6, 6.07) is 5.36. The van der Waals surface area contributed by atoms with E-state index in [0.717, 1.165) is 0 Å². The molecule has 1 aromatic rings. The van der Waals surface area contributed by atoms with E-state index in [0.29, 0.717) is 5.69 Å². The van der Waals surface area contributed by atoms with Gasteiger partial charge in [0, 0.05) is 5.69 Å². The number of anilines is 1. The van der Waals surface area contributed by atoms with Crippen LogP contribution in [0, 0.1) is 17.3 Å². The Morgan fingerprint density at radius 3 is 2.10 bits per heavy atom. The van der Waals surface area contributed by atoms with Crippen LogP contribution in [0.15, 0.2) is 29.2 Å². The Morgan fingerprint density at radius 1 is 1.19 bits per heavy atom. The lowest BCUT2D eigenvalue weighted by atomic mass is 10.1. The molecule has 0 aromatic heterocycles. The van der Waals surface area contributed by atoms with Crippen molar-refractivity contribution in [2.24, 2.45) is 22.4 Å². The molecule has 7 nitrogen and oxygen atoms in total. The molecule has 4 N–H and O–H groups in total. The molecule has 0 spiro atoms. The third-order valence-electron chi connectivity index (χ3n) is 3.83. The van der Waals surface area contributed by atoms with E-state index in [9.17, 15) is 18.0 Å². The van der Waals surface area contributed by atoms with Gasteiger partial charge in [0.1, 0.15) is 0 Å². The van der Waals surface area contributed by atoms with Crippen LogP contribution in [-0.2, 0) is 19.6 Å². The second kappa shape index (κ2) is 4.81. The third-order valence-corrected chi connectivity index (χ3v) is 4.76. The number of hydrogen-bond donors (Lipinski definition) is 3. The number of carbonyl (C=O) groups is 2. The molecule has 0 bridgehead atoms. The third kappa shape index (κ3) is 2.91. The average molecular weight is 312 g/mol. The molecular formula is C13H16N2O5S. The van der Waals surface area contributed by atoms with E-state index < -0.39 is 39.2 Å². The maximum atomic E-state index is 12.1. The summed E-state index contributed by atoms with van der Waals surface area (Å²) in [4.78, 5) is 23.0. The van der Waals surface area contributed by atoms with Crippen LogP contribution >= 0.6 is 0 Å². The first-order valence-corrected chi connectivity index (χ1v) is 7.76. The number of carboxylic acids is 1. The predicted octanol–water partition coefficient (Wildman–Crippen LogP) is 0.629. The number of aliphatic carboxylic acids is 1. The van der Waals surface area contributed by atoms with Gasteiger partial charge in [0.05, 0.1) is 16.7 Å². The Bertz CT molecular complexity index is 694. The maximum Gasteiger partial charge on any atom is 0.307 e. The van der Waals surface area contributed by atoms with Crippen LogP contribution in [0.3, 0.4) is 0 Å². The monoisotopic (exact) mass is 312 g/mol. The second-order valence-electron chi connectivity index (χ2n) is 5.67. The van der Waals surface area contributed by atoms with Gasteiger partial charge in [-0.15, -0.1) is 0 Å². The molecule has 0 aliphatic heterocycles. The van der Waals surface area contributed by atoms with Gasteiger partial charge >= 0.3 is 5.97 Å². The molecule has 21 heavy (non-hydrogen) atoms. The highest BCUT2D eigenvalue weighted by Gasteiger charge is 2.65. The van der Waals surface area contributed by atoms with Crippen molar-refractivity contribution in [3.8, 4) is 0 Å². The van der Waals surface area contributed by atoms with Crippen LogP contribution < -0.4 is 10.5 Å². The summed E-state index contributed by atoms with van der Waals surface area (Å²) in [6.07, 6.45) is 0. The van der Waals surface area contributed by atoms with E-state index in [1.165, 1.54) is 24.3 Å². The summed E-state index contributed by atoms with van der Waals surface area (Å²) in [5.41, 5.74) is -0.199. The summed E-state index contributed by atoms with van der Waals surface area (Å²) in [7, 11) is -3.78. The Balaban J connectivity index is 2.10. The second-order valence-corrected chi connectivity index (χ2v) is 7.24. The predicted molar refractivity (Wildman–Crippen MR) is 74.8 cm³/mol. The van der Waals surface area contributed by atoms with Gasteiger partial charge in [0.2, 0.25) is 15.9 Å². The summed E-state index contributed by atoms with van der Waals surface area (Å²) in [5.74, 6) is -2.70. The number of amides is 1. The molecule has 0 saturated heterocycles. The van der Waals surface area contributed by atoms with E-state index in [1.54, 1.807) is 13.8 Å². The van der Waals surface area contributed by atoms with Crippen molar-refractivity contribution in [3.05, 3.63) is 24.3 Å². The molecule has 1 amide bonds. The van der Waals surface area contributed by atoms with Crippen molar-refractivity contribution in [2.45, 2.75) is 18.7 Å². The molecule has 0 unspecified atom stereocenters. The van der Waals surface area contributed by atoms with Gasteiger partial charge in [-0.3, -0.25) is 9.59 Å². The van der Waals surface area contributed by atoms with Gasteiger partial charge in [0.15, 0.2) is 0 Å². The summed E-state index contributed by atoms with van der Waals surface area (Å²) in [5, 5.41) is 16.6. The lowest BCUT2D eigenvalue weighted by Crippen LogP contribution is -2.18. The fraction of sp³-hybridized carbons (Fsp3) is 0.385. The molecule has 1 saturated carbocycles. The molecule has 2 atom stereocenters. The fourth-order valence-corrected chi connectivity index (χ4v) is 3.05. The number of primary sulfonamides is 1.